The maximum absolute atomic E-state index is 6.07. The normalized spacial score (nSPS) is 17.9. The molecule has 0 amide bonds. The predicted octanol–water partition coefficient (Wildman–Crippen LogP) is 1.90. The summed E-state index contributed by atoms with van der Waals surface area (Å²) < 4.78 is 0. The molecule has 4 N–H and O–H groups in total. The molecule has 5 heteroatoms. The van der Waals surface area contributed by atoms with Gasteiger partial charge in [0.25, 0.3) is 0 Å². The highest BCUT2D eigenvalue weighted by molar-refractivity contribution is 5.88. The lowest BCUT2D eigenvalue weighted by Crippen LogP contribution is -2.33. The van der Waals surface area contributed by atoms with Gasteiger partial charge in [0.2, 0.25) is 0 Å². The Kier molecular flexibility index (Phi) is 3.29. The van der Waals surface area contributed by atoms with Gasteiger partial charge >= 0.3 is 0 Å². The number of hydrogen-bond donors (Lipinski definition) is 3. The first-order chi connectivity index (χ1) is 9.22. The van der Waals surface area contributed by atoms with E-state index in [-0.39, 0.29) is 0 Å². The highest BCUT2D eigenvalue weighted by Gasteiger charge is 2.16. The van der Waals surface area contributed by atoms with Crippen LogP contribution in [0.5, 0.6) is 0 Å². The number of aromatic nitrogens is 2. The van der Waals surface area contributed by atoms with Crippen molar-refractivity contribution in [3.05, 3.63) is 18.3 Å². The minimum absolute atomic E-state index is 0.744. The van der Waals surface area contributed by atoms with Crippen molar-refractivity contribution >= 4 is 22.3 Å². The molecule has 1 aliphatic heterocycles. The van der Waals surface area contributed by atoms with Gasteiger partial charge in [0.1, 0.15) is 0 Å². The zero-order valence-corrected chi connectivity index (χ0v) is 11.3. The molecule has 0 saturated carbocycles. The van der Waals surface area contributed by atoms with Crippen LogP contribution < -0.4 is 11.1 Å². The van der Waals surface area contributed by atoms with Crippen LogP contribution in [0.15, 0.2) is 18.3 Å². The van der Waals surface area contributed by atoms with E-state index in [0.717, 1.165) is 34.7 Å². The maximum Gasteiger partial charge on any atom is 0.0672 e. The molecular formula is C14H21N5. The number of nitrogens with two attached hydrogens (primary N) is 1. The van der Waals surface area contributed by atoms with Crippen LogP contribution in [0, 0.1) is 5.92 Å². The van der Waals surface area contributed by atoms with Crippen LogP contribution in [0.2, 0.25) is 0 Å². The van der Waals surface area contributed by atoms with Gasteiger partial charge in [0.05, 0.1) is 23.1 Å². The van der Waals surface area contributed by atoms with E-state index in [2.05, 4.69) is 27.5 Å². The van der Waals surface area contributed by atoms with E-state index >= 15 is 0 Å². The molecule has 0 spiro atoms. The summed E-state index contributed by atoms with van der Waals surface area (Å²) in [6.07, 6.45) is 4.32. The van der Waals surface area contributed by atoms with Crippen LogP contribution in [-0.2, 0) is 0 Å². The number of fused-ring (bicyclic) bond motifs is 1. The van der Waals surface area contributed by atoms with Crippen molar-refractivity contribution in [1.82, 2.24) is 15.1 Å². The van der Waals surface area contributed by atoms with E-state index in [0.29, 0.717) is 0 Å². The standard InChI is InChI=1S/C14H21N5/c1-19-4-2-10(3-5-19)8-16-14-7-13-11(6-12(14)15)9-17-18-13/h6-7,9-10,16H,2-5,8,15H2,1H3,(H,17,18). The SMILES string of the molecule is CN1CCC(CNc2cc3[nH]ncc3cc2N)CC1. The van der Waals surface area contributed by atoms with Crippen LogP contribution in [0.1, 0.15) is 12.8 Å². The first-order valence-electron chi connectivity index (χ1n) is 6.87. The largest absolute Gasteiger partial charge is 0.397 e. The van der Waals surface area contributed by atoms with E-state index < -0.39 is 0 Å². The number of nitrogen functional groups attached to an aromatic ring is 1. The number of hydrogen-bond acceptors (Lipinski definition) is 4. The number of likely N-dealkylation sites (tertiary alicyclic amines) is 1. The van der Waals surface area contributed by atoms with Gasteiger partial charge in [-0.15, -0.1) is 0 Å². The first kappa shape index (κ1) is 12.3. The Morgan fingerprint density at radius 1 is 1.42 bits per heavy atom. The average Bonchev–Trinajstić information content (AvgIpc) is 2.85. The lowest BCUT2D eigenvalue weighted by molar-refractivity contribution is 0.226. The van der Waals surface area contributed by atoms with E-state index in [1.165, 1.54) is 25.9 Å². The number of piperidine rings is 1. The van der Waals surface area contributed by atoms with Gasteiger partial charge in [0, 0.05) is 11.9 Å². The van der Waals surface area contributed by atoms with Crippen molar-refractivity contribution in [1.29, 1.82) is 0 Å². The molecule has 1 fully saturated rings. The summed E-state index contributed by atoms with van der Waals surface area (Å²) in [4.78, 5) is 2.39. The molecule has 19 heavy (non-hydrogen) atoms. The molecule has 3 rings (SSSR count). The van der Waals surface area contributed by atoms with Crippen molar-refractivity contribution < 1.29 is 0 Å². The Bertz CT molecular complexity index is 554. The van der Waals surface area contributed by atoms with Gasteiger partial charge in [-0.1, -0.05) is 0 Å². The number of H-pyrrole nitrogens is 1. The third kappa shape index (κ3) is 2.66. The highest BCUT2D eigenvalue weighted by Crippen LogP contribution is 2.25. The van der Waals surface area contributed by atoms with Crippen LogP contribution >= 0.6 is 0 Å². The molecule has 2 heterocycles. The molecule has 0 atom stereocenters. The Hall–Kier alpha value is -1.75. The van der Waals surface area contributed by atoms with E-state index in [9.17, 15) is 0 Å². The van der Waals surface area contributed by atoms with E-state index in [1.807, 2.05) is 12.1 Å². The number of nitrogens with one attached hydrogen (secondary N) is 2. The lowest BCUT2D eigenvalue weighted by atomic mass is 9.97. The smallest absolute Gasteiger partial charge is 0.0672 e. The topological polar surface area (TPSA) is 70.0 Å². The zero-order chi connectivity index (χ0) is 13.2. The third-order valence-electron chi connectivity index (χ3n) is 4.03. The third-order valence-corrected chi connectivity index (χ3v) is 4.03. The van der Waals surface area contributed by atoms with Crippen molar-refractivity contribution in [2.75, 3.05) is 37.7 Å². The molecule has 1 aromatic heterocycles. The molecule has 0 unspecified atom stereocenters. The Morgan fingerprint density at radius 3 is 3.00 bits per heavy atom. The molecule has 5 nitrogen and oxygen atoms in total. The minimum Gasteiger partial charge on any atom is -0.397 e. The Morgan fingerprint density at radius 2 is 2.21 bits per heavy atom. The van der Waals surface area contributed by atoms with Crippen LogP contribution in [0.3, 0.4) is 0 Å². The number of nitrogens with zero attached hydrogens (tertiary/aromatic N) is 2. The summed E-state index contributed by atoms with van der Waals surface area (Å²) in [5.41, 5.74) is 8.90. The van der Waals surface area contributed by atoms with Gasteiger partial charge < -0.3 is 16.0 Å². The fraction of sp³-hybridized carbons (Fsp3) is 0.500. The number of anilines is 2. The van der Waals surface area contributed by atoms with Crippen molar-refractivity contribution in [2.45, 2.75) is 12.8 Å². The molecule has 1 aromatic carbocycles. The minimum atomic E-state index is 0.744. The lowest BCUT2D eigenvalue weighted by Gasteiger charge is -2.29. The Balaban J connectivity index is 1.66. The molecule has 0 radical (unpaired) electrons. The van der Waals surface area contributed by atoms with Gasteiger partial charge in [-0.05, 0) is 51.0 Å². The molecule has 0 bridgehead atoms. The summed E-state index contributed by atoms with van der Waals surface area (Å²) in [5.74, 6) is 0.744. The van der Waals surface area contributed by atoms with Gasteiger partial charge in [-0.3, -0.25) is 5.10 Å². The fourth-order valence-electron chi connectivity index (χ4n) is 2.68. The van der Waals surface area contributed by atoms with Crippen LogP contribution in [-0.4, -0.2) is 41.8 Å². The number of rotatable bonds is 3. The van der Waals surface area contributed by atoms with E-state index in [4.69, 9.17) is 5.73 Å². The number of benzene rings is 1. The molecule has 2 aromatic rings. The molecule has 1 aliphatic rings. The maximum atomic E-state index is 6.07. The summed E-state index contributed by atoms with van der Waals surface area (Å²) in [5, 5.41) is 11.6. The van der Waals surface area contributed by atoms with Gasteiger partial charge in [-0.2, -0.15) is 5.10 Å². The Labute approximate surface area is 113 Å². The van der Waals surface area contributed by atoms with Crippen molar-refractivity contribution in [3.8, 4) is 0 Å². The fourth-order valence-corrected chi connectivity index (χ4v) is 2.68. The van der Waals surface area contributed by atoms with Gasteiger partial charge in [-0.25, -0.2) is 0 Å². The summed E-state index contributed by atoms with van der Waals surface area (Å²) in [7, 11) is 2.19. The van der Waals surface area contributed by atoms with Crippen LogP contribution in [0.25, 0.3) is 10.9 Å². The summed E-state index contributed by atoms with van der Waals surface area (Å²) in [6, 6.07) is 4.02. The second-order valence-corrected chi connectivity index (χ2v) is 5.52. The quantitative estimate of drug-likeness (QED) is 0.736. The second kappa shape index (κ2) is 5.09. The molecule has 1 saturated heterocycles. The van der Waals surface area contributed by atoms with Crippen molar-refractivity contribution in [3.63, 3.8) is 0 Å². The summed E-state index contributed by atoms with van der Waals surface area (Å²) in [6.45, 7) is 3.39. The van der Waals surface area contributed by atoms with Gasteiger partial charge in [0.15, 0.2) is 0 Å². The molecule has 0 aliphatic carbocycles. The van der Waals surface area contributed by atoms with Crippen molar-refractivity contribution in [2.24, 2.45) is 5.92 Å². The first-order valence-corrected chi connectivity index (χ1v) is 6.87. The molecular weight excluding hydrogens is 238 g/mol. The number of aromatic amines is 1. The van der Waals surface area contributed by atoms with E-state index in [1.54, 1.807) is 6.20 Å². The van der Waals surface area contributed by atoms with Crippen LogP contribution in [0.4, 0.5) is 11.4 Å². The highest BCUT2D eigenvalue weighted by atomic mass is 15.1. The predicted molar refractivity (Wildman–Crippen MR) is 79.2 cm³/mol. The molecule has 102 valence electrons. The summed E-state index contributed by atoms with van der Waals surface area (Å²) >= 11 is 0. The zero-order valence-electron chi connectivity index (χ0n) is 11.3. The average molecular weight is 259 g/mol. The second-order valence-electron chi connectivity index (χ2n) is 5.52. The monoisotopic (exact) mass is 259 g/mol.